The number of aliphatic carboxylic acids is 2. The van der Waals surface area contributed by atoms with Gasteiger partial charge in [-0.15, -0.1) is 0 Å². The lowest BCUT2D eigenvalue weighted by Gasteiger charge is -2.25. The first-order valence-electron chi connectivity index (χ1n) is 9.33. The van der Waals surface area contributed by atoms with E-state index < -0.39 is 73.0 Å². The van der Waals surface area contributed by atoms with Gasteiger partial charge >= 0.3 is 11.9 Å². The topological polar surface area (TPSA) is 228 Å². The molecule has 0 spiro atoms. The molecule has 0 aromatic rings. The maximum atomic E-state index is 12.7. The summed E-state index contributed by atoms with van der Waals surface area (Å²) in [7, 11) is 0. The van der Waals surface area contributed by atoms with Crippen LogP contribution in [-0.2, 0) is 24.0 Å². The van der Waals surface area contributed by atoms with E-state index in [0.29, 0.717) is 5.75 Å². The average Bonchev–Trinajstić information content (AvgIpc) is 2.70. The standard InChI is InChI=1S/C17H30N4O9S/c1-8(23)13(18)16(28)20-10(5-6-31-2)15(27)19-9(3-4-12(24)25)14(26)21-11(7-22)17(29)30/h8-11,13,22-23H,3-7,18H2,1-2H3,(H,19,27)(H,20,28)(H,21,26)(H,24,25)(H,29,30). The summed E-state index contributed by atoms with van der Waals surface area (Å²) in [6.45, 7) is 0.387. The van der Waals surface area contributed by atoms with Crippen molar-refractivity contribution in [3.63, 3.8) is 0 Å². The summed E-state index contributed by atoms with van der Waals surface area (Å²) in [6.07, 6.45) is -0.134. The van der Waals surface area contributed by atoms with Gasteiger partial charge in [0.1, 0.15) is 24.2 Å². The van der Waals surface area contributed by atoms with Crippen molar-refractivity contribution < 1.29 is 44.4 Å². The van der Waals surface area contributed by atoms with Crippen molar-refractivity contribution in [2.75, 3.05) is 18.6 Å². The highest BCUT2D eigenvalue weighted by atomic mass is 32.2. The van der Waals surface area contributed by atoms with E-state index in [-0.39, 0.29) is 12.8 Å². The molecule has 5 atom stereocenters. The van der Waals surface area contributed by atoms with E-state index in [1.54, 1.807) is 6.26 Å². The van der Waals surface area contributed by atoms with Crippen molar-refractivity contribution in [1.82, 2.24) is 16.0 Å². The molecule has 5 unspecified atom stereocenters. The second kappa shape index (κ2) is 14.6. The van der Waals surface area contributed by atoms with Crippen LogP contribution in [0.2, 0.25) is 0 Å². The number of thioether (sulfide) groups is 1. The number of carboxylic acid groups (broad SMARTS) is 2. The number of carbonyl (C=O) groups is 5. The van der Waals surface area contributed by atoms with Crippen LogP contribution in [0.5, 0.6) is 0 Å². The Labute approximate surface area is 183 Å². The normalized spacial score (nSPS) is 15.6. The summed E-state index contributed by atoms with van der Waals surface area (Å²) >= 11 is 1.38. The first-order valence-corrected chi connectivity index (χ1v) is 10.7. The van der Waals surface area contributed by atoms with Crippen molar-refractivity contribution in [2.45, 2.75) is 56.5 Å². The molecule has 0 bridgehead atoms. The molecule has 31 heavy (non-hydrogen) atoms. The second-order valence-electron chi connectivity index (χ2n) is 6.68. The molecule has 0 aromatic carbocycles. The van der Waals surface area contributed by atoms with Crippen LogP contribution < -0.4 is 21.7 Å². The lowest BCUT2D eigenvalue weighted by Crippen LogP contribution is -2.58. The SMILES string of the molecule is CSCCC(NC(=O)C(N)C(C)O)C(=O)NC(CCC(=O)O)C(=O)NC(CO)C(=O)O. The van der Waals surface area contributed by atoms with Crippen LogP contribution in [0.3, 0.4) is 0 Å². The fraction of sp³-hybridized carbons (Fsp3) is 0.706. The predicted molar refractivity (Wildman–Crippen MR) is 110 cm³/mol. The van der Waals surface area contributed by atoms with Gasteiger partial charge in [-0.05, 0) is 31.8 Å². The minimum absolute atomic E-state index is 0.146. The van der Waals surface area contributed by atoms with Gasteiger partial charge in [0.15, 0.2) is 0 Å². The highest BCUT2D eigenvalue weighted by molar-refractivity contribution is 7.98. The van der Waals surface area contributed by atoms with Gasteiger partial charge < -0.3 is 42.1 Å². The smallest absolute Gasteiger partial charge is 0.328 e. The number of hydrogen-bond acceptors (Lipinski definition) is 9. The number of rotatable bonds is 15. The molecule has 0 fully saturated rings. The number of hydrogen-bond donors (Lipinski definition) is 8. The fourth-order valence-corrected chi connectivity index (χ4v) is 2.73. The second-order valence-corrected chi connectivity index (χ2v) is 7.67. The molecule has 0 aliphatic carbocycles. The molecular formula is C17H30N4O9S. The maximum Gasteiger partial charge on any atom is 0.328 e. The monoisotopic (exact) mass is 466 g/mol. The van der Waals surface area contributed by atoms with E-state index in [2.05, 4.69) is 10.6 Å². The predicted octanol–water partition coefficient (Wildman–Crippen LogP) is -3.16. The van der Waals surface area contributed by atoms with E-state index in [1.165, 1.54) is 18.7 Å². The Bertz CT molecular complexity index is 647. The summed E-state index contributed by atoms with van der Waals surface area (Å²) in [5.41, 5.74) is 5.56. The first kappa shape index (κ1) is 28.6. The number of carboxylic acids is 2. The Kier molecular flexibility index (Phi) is 13.4. The number of aliphatic hydroxyl groups excluding tert-OH is 2. The number of amides is 3. The van der Waals surface area contributed by atoms with Gasteiger partial charge in [-0.1, -0.05) is 0 Å². The fourth-order valence-electron chi connectivity index (χ4n) is 2.26. The number of nitrogens with one attached hydrogen (secondary N) is 3. The number of aliphatic hydroxyl groups is 2. The highest BCUT2D eigenvalue weighted by Gasteiger charge is 2.30. The van der Waals surface area contributed by atoms with Gasteiger partial charge in [0.05, 0.1) is 12.7 Å². The van der Waals surface area contributed by atoms with Crippen LogP contribution in [0.1, 0.15) is 26.2 Å². The highest BCUT2D eigenvalue weighted by Crippen LogP contribution is 2.05. The third-order valence-electron chi connectivity index (χ3n) is 4.14. The molecule has 0 aromatic heterocycles. The third kappa shape index (κ3) is 11.0. The molecule has 13 nitrogen and oxygen atoms in total. The Hall–Kier alpha value is -2.42. The Morgan fingerprint density at radius 2 is 1.39 bits per heavy atom. The lowest BCUT2D eigenvalue weighted by atomic mass is 10.1. The molecule has 3 amide bonds. The molecule has 0 saturated heterocycles. The minimum atomic E-state index is -1.65. The van der Waals surface area contributed by atoms with Gasteiger partial charge in [0.2, 0.25) is 17.7 Å². The van der Waals surface area contributed by atoms with Gasteiger partial charge in [0, 0.05) is 6.42 Å². The number of nitrogens with two attached hydrogens (primary N) is 1. The average molecular weight is 467 g/mol. The van der Waals surface area contributed by atoms with Gasteiger partial charge in [-0.3, -0.25) is 19.2 Å². The Morgan fingerprint density at radius 1 is 0.903 bits per heavy atom. The van der Waals surface area contributed by atoms with Crippen LogP contribution in [0, 0.1) is 0 Å². The zero-order chi connectivity index (χ0) is 24.1. The van der Waals surface area contributed by atoms with Crippen LogP contribution in [0.4, 0.5) is 0 Å². The number of carbonyl (C=O) groups excluding carboxylic acids is 3. The van der Waals surface area contributed by atoms with Crippen molar-refractivity contribution in [3.8, 4) is 0 Å². The molecule has 178 valence electrons. The summed E-state index contributed by atoms with van der Waals surface area (Å²) in [6, 6.07) is -5.52. The van der Waals surface area contributed by atoms with Crippen molar-refractivity contribution >= 4 is 41.4 Å². The lowest BCUT2D eigenvalue weighted by molar-refractivity contribution is -0.144. The van der Waals surface area contributed by atoms with Crippen LogP contribution in [0.15, 0.2) is 0 Å². The summed E-state index contributed by atoms with van der Waals surface area (Å²) in [5.74, 6) is -4.95. The summed E-state index contributed by atoms with van der Waals surface area (Å²) in [4.78, 5) is 59.1. The Morgan fingerprint density at radius 3 is 1.81 bits per heavy atom. The summed E-state index contributed by atoms with van der Waals surface area (Å²) < 4.78 is 0. The molecular weight excluding hydrogens is 436 g/mol. The van der Waals surface area contributed by atoms with E-state index in [1.807, 2.05) is 5.32 Å². The van der Waals surface area contributed by atoms with Gasteiger partial charge in [-0.2, -0.15) is 11.8 Å². The van der Waals surface area contributed by atoms with Crippen molar-refractivity contribution in [1.29, 1.82) is 0 Å². The molecule has 0 aliphatic rings. The van der Waals surface area contributed by atoms with Crippen molar-refractivity contribution in [3.05, 3.63) is 0 Å². The first-order chi connectivity index (χ1) is 14.4. The molecule has 0 rings (SSSR count). The molecule has 0 aliphatic heterocycles. The molecule has 9 N–H and O–H groups in total. The minimum Gasteiger partial charge on any atom is -0.481 e. The quantitative estimate of drug-likeness (QED) is 0.120. The van der Waals surface area contributed by atoms with Gasteiger partial charge in [-0.25, -0.2) is 4.79 Å². The van der Waals surface area contributed by atoms with E-state index in [4.69, 9.17) is 21.1 Å². The zero-order valence-electron chi connectivity index (χ0n) is 17.2. The largest absolute Gasteiger partial charge is 0.481 e. The Balaban J connectivity index is 5.43. The molecule has 14 heteroatoms. The summed E-state index contributed by atoms with van der Waals surface area (Å²) in [5, 5.41) is 43.0. The molecule has 0 radical (unpaired) electrons. The van der Waals surface area contributed by atoms with E-state index in [0.717, 1.165) is 0 Å². The van der Waals surface area contributed by atoms with Gasteiger partial charge in [0.25, 0.3) is 0 Å². The van der Waals surface area contributed by atoms with E-state index >= 15 is 0 Å². The maximum absolute atomic E-state index is 12.7. The third-order valence-corrected chi connectivity index (χ3v) is 4.79. The zero-order valence-corrected chi connectivity index (χ0v) is 18.1. The van der Waals surface area contributed by atoms with E-state index in [9.17, 15) is 29.1 Å². The molecule has 0 heterocycles. The van der Waals surface area contributed by atoms with Crippen LogP contribution in [0.25, 0.3) is 0 Å². The molecule has 0 saturated carbocycles. The van der Waals surface area contributed by atoms with Crippen molar-refractivity contribution in [2.24, 2.45) is 5.73 Å². The van der Waals surface area contributed by atoms with Crippen LogP contribution >= 0.6 is 11.8 Å². The van der Waals surface area contributed by atoms with Crippen LogP contribution in [-0.4, -0.2) is 99.0 Å².